The van der Waals surface area contributed by atoms with Crippen LogP contribution in [0, 0.1) is 17.1 Å². The number of hydrogen-bond acceptors (Lipinski definition) is 3. The van der Waals surface area contributed by atoms with E-state index in [1.54, 1.807) is 18.2 Å². The predicted molar refractivity (Wildman–Crippen MR) is 81.7 cm³/mol. The fraction of sp³-hybridized carbons (Fsp3) is 0. The number of halogens is 2. The normalized spacial score (nSPS) is 10.9. The Balaban J connectivity index is 2.20. The van der Waals surface area contributed by atoms with Crippen LogP contribution in [0.2, 0.25) is 5.02 Å². The first-order valence-electron chi connectivity index (χ1n) is 6.17. The second-order valence-corrected chi connectivity index (χ2v) is 4.75. The molecule has 0 unspecified atom stereocenters. The highest BCUT2D eigenvalue weighted by Gasteiger charge is 2.10. The molecule has 2 aromatic carbocycles. The smallest absolute Gasteiger partial charge is 0.266 e. The predicted octanol–water partition coefficient (Wildman–Crippen LogP) is 3.73. The molecule has 1 amide bonds. The molecule has 0 fully saturated rings. The lowest BCUT2D eigenvalue weighted by molar-refractivity contribution is -0.112. The van der Waals surface area contributed by atoms with E-state index >= 15 is 0 Å². The number of amides is 1. The summed E-state index contributed by atoms with van der Waals surface area (Å²) in [6, 6.07) is 11.5. The van der Waals surface area contributed by atoms with Gasteiger partial charge in [-0.15, -0.1) is 0 Å². The molecule has 0 spiro atoms. The Labute approximate surface area is 131 Å². The van der Waals surface area contributed by atoms with Crippen molar-refractivity contribution in [3.63, 3.8) is 0 Å². The minimum atomic E-state index is -0.641. The molecule has 0 aliphatic heterocycles. The number of aromatic hydroxyl groups is 1. The van der Waals surface area contributed by atoms with Crippen LogP contribution < -0.4 is 5.32 Å². The van der Waals surface area contributed by atoms with E-state index in [2.05, 4.69) is 5.32 Å². The molecule has 0 saturated carbocycles. The highest BCUT2D eigenvalue weighted by molar-refractivity contribution is 6.31. The molecular weight excluding hydrogens is 307 g/mol. The third kappa shape index (κ3) is 3.84. The second-order valence-electron chi connectivity index (χ2n) is 4.34. The van der Waals surface area contributed by atoms with Gasteiger partial charge < -0.3 is 10.4 Å². The van der Waals surface area contributed by atoms with Crippen LogP contribution in [0.3, 0.4) is 0 Å². The summed E-state index contributed by atoms with van der Waals surface area (Å²) < 4.78 is 13.1. The first kappa shape index (κ1) is 15.5. The molecule has 0 aromatic heterocycles. The van der Waals surface area contributed by atoms with Gasteiger partial charge in [0.15, 0.2) is 0 Å². The molecule has 2 N–H and O–H groups in total. The number of nitriles is 1. The molecule has 0 aliphatic rings. The van der Waals surface area contributed by atoms with Gasteiger partial charge in [0.05, 0.1) is 5.02 Å². The van der Waals surface area contributed by atoms with Gasteiger partial charge in [0.2, 0.25) is 0 Å². The van der Waals surface area contributed by atoms with Gasteiger partial charge in [0.25, 0.3) is 5.91 Å². The summed E-state index contributed by atoms with van der Waals surface area (Å²) in [5.74, 6) is -1.15. The van der Waals surface area contributed by atoms with Crippen molar-refractivity contribution in [1.29, 1.82) is 5.26 Å². The van der Waals surface area contributed by atoms with Crippen molar-refractivity contribution >= 4 is 29.3 Å². The molecular formula is C16H10ClFN2O2. The molecule has 0 saturated heterocycles. The SMILES string of the molecule is N#C/C(=C\c1ccc(O)cc1)C(=O)Nc1ccc(F)c(Cl)c1. The average Bonchev–Trinajstić information content (AvgIpc) is 2.50. The van der Waals surface area contributed by atoms with Gasteiger partial charge >= 0.3 is 0 Å². The van der Waals surface area contributed by atoms with Gasteiger partial charge in [-0.1, -0.05) is 23.7 Å². The molecule has 6 heteroatoms. The van der Waals surface area contributed by atoms with Gasteiger partial charge in [-0.05, 0) is 42.0 Å². The van der Waals surface area contributed by atoms with Crippen molar-refractivity contribution in [2.45, 2.75) is 0 Å². The fourth-order valence-electron chi connectivity index (χ4n) is 1.66. The van der Waals surface area contributed by atoms with Crippen LogP contribution >= 0.6 is 11.6 Å². The summed E-state index contributed by atoms with van der Waals surface area (Å²) in [6.45, 7) is 0. The minimum absolute atomic E-state index is 0.0843. The van der Waals surface area contributed by atoms with Crippen LogP contribution in [0.25, 0.3) is 6.08 Å². The lowest BCUT2D eigenvalue weighted by Gasteiger charge is -2.05. The topological polar surface area (TPSA) is 73.1 Å². The minimum Gasteiger partial charge on any atom is -0.508 e. The lowest BCUT2D eigenvalue weighted by Crippen LogP contribution is -2.13. The van der Waals surface area contributed by atoms with E-state index in [4.69, 9.17) is 16.9 Å². The molecule has 2 rings (SSSR count). The molecule has 0 heterocycles. The number of phenolic OH excluding ortho intramolecular Hbond substituents is 1. The highest BCUT2D eigenvalue weighted by Crippen LogP contribution is 2.20. The number of benzene rings is 2. The highest BCUT2D eigenvalue weighted by atomic mass is 35.5. The number of anilines is 1. The Hall–Kier alpha value is -2.84. The molecule has 2 aromatic rings. The number of phenols is 1. The largest absolute Gasteiger partial charge is 0.508 e. The lowest BCUT2D eigenvalue weighted by atomic mass is 10.1. The zero-order valence-corrected chi connectivity index (χ0v) is 11.9. The Bertz CT molecular complexity index is 780. The van der Waals surface area contributed by atoms with Gasteiger partial charge in [-0.2, -0.15) is 5.26 Å². The van der Waals surface area contributed by atoms with E-state index in [1.807, 2.05) is 0 Å². The quantitative estimate of drug-likeness (QED) is 0.669. The third-order valence-corrected chi connectivity index (χ3v) is 3.04. The zero-order chi connectivity index (χ0) is 16.1. The third-order valence-electron chi connectivity index (χ3n) is 2.75. The molecule has 0 aliphatic carbocycles. The van der Waals surface area contributed by atoms with Crippen LogP contribution in [0.4, 0.5) is 10.1 Å². The molecule has 0 radical (unpaired) electrons. The molecule has 22 heavy (non-hydrogen) atoms. The second kappa shape index (κ2) is 6.74. The Morgan fingerprint density at radius 3 is 2.55 bits per heavy atom. The van der Waals surface area contributed by atoms with Crippen LogP contribution in [-0.4, -0.2) is 11.0 Å². The number of nitrogens with one attached hydrogen (secondary N) is 1. The van der Waals surface area contributed by atoms with E-state index in [0.717, 1.165) is 6.07 Å². The van der Waals surface area contributed by atoms with Gasteiger partial charge in [-0.25, -0.2) is 4.39 Å². The summed E-state index contributed by atoms with van der Waals surface area (Å²) in [5.41, 5.74) is 0.732. The van der Waals surface area contributed by atoms with Crippen LogP contribution in [0.15, 0.2) is 48.0 Å². The Morgan fingerprint density at radius 1 is 1.27 bits per heavy atom. The van der Waals surface area contributed by atoms with E-state index in [-0.39, 0.29) is 22.0 Å². The van der Waals surface area contributed by atoms with Gasteiger partial charge in [0, 0.05) is 5.69 Å². The monoisotopic (exact) mass is 316 g/mol. The summed E-state index contributed by atoms with van der Waals surface area (Å²) in [7, 11) is 0. The first-order chi connectivity index (χ1) is 10.5. The number of nitrogens with zero attached hydrogens (tertiary/aromatic N) is 1. The maximum absolute atomic E-state index is 13.1. The van der Waals surface area contributed by atoms with Crippen LogP contribution in [0.5, 0.6) is 5.75 Å². The molecule has 110 valence electrons. The Morgan fingerprint density at radius 2 is 1.95 bits per heavy atom. The van der Waals surface area contributed by atoms with E-state index in [1.165, 1.54) is 30.3 Å². The number of hydrogen-bond donors (Lipinski definition) is 2. The standard InChI is InChI=1S/C16H10ClFN2O2/c17-14-8-12(3-6-15(14)18)20-16(22)11(9-19)7-10-1-4-13(21)5-2-10/h1-8,21H,(H,20,22)/b11-7+. The van der Waals surface area contributed by atoms with Crippen LogP contribution in [0.1, 0.15) is 5.56 Å². The molecule has 4 nitrogen and oxygen atoms in total. The molecule has 0 atom stereocenters. The van der Waals surface area contributed by atoms with Crippen molar-refractivity contribution in [3.05, 3.63) is 64.4 Å². The number of carbonyl (C=O) groups excluding carboxylic acids is 1. The van der Waals surface area contributed by atoms with Crippen LogP contribution in [-0.2, 0) is 4.79 Å². The van der Waals surface area contributed by atoms with Crippen molar-refractivity contribution in [2.24, 2.45) is 0 Å². The van der Waals surface area contributed by atoms with Crippen molar-refractivity contribution < 1.29 is 14.3 Å². The summed E-state index contributed by atoms with van der Waals surface area (Å²) in [6.07, 6.45) is 1.37. The summed E-state index contributed by atoms with van der Waals surface area (Å²) in [5, 5.41) is 20.6. The fourth-order valence-corrected chi connectivity index (χ4v) is 1.84. The number of carbonyl (C=O) groups is 1. The number of rotatable bonds is 3. The average molecular weight is 317 g/mol. The first-order valence-corrected chi connectivity index (χ1v) is 6.54. The summed E-state index contributed by atoms with van der Waals surface area (Å²) in [4.78, 5) is 12.0. The Kier molecular flexibility index (Phi) is 4.77. The van der Waals surface area contributed by atoms with Crippen molar-refractivity contribution in [3.8, 4) is 11.8 Å². The maximum atomic E-state index is 13.1. The van der Waals surface area contributed by atoms with Crippen molar-refractivity contribution in [1.82, 2.24) is 0 Å². The zero-order valence-electron chi connectivity index (χ0n) is 11.2. The maximum Gasteiger partial charge on any atom is 0.266 e. The summed E-state index contributed by atoms with van der Waals surface area (Å²) >= 11 is 5.63. The van der Waals surface area contributed by atoms with Gasteiger partial charge in [0.1, 0.15) is 23.2 Å². The molecule has 0 bridgehead atoms. The van der Waals surface area contributed by atoms with E-state index in [9.17, 15) is 14.3 Å². The van der Waals surface area contributed by atoms with E-state index in [0.29, 0.717) is 5.56 Å². The van der Waals surface area contributed by atoms with Gasteiger partial charge in [-0.3, -0.25) is 4.79 Å². The van der Waals surface area contributed by atoms with Crippen molar-refractivity contribution in [2.75, 3.05) is 5.32 Å². The van der Waals surface area contributed by atoms with E-state index < -0.39 is 11.7 Å².